The fourth-order valence-electron chi connectivity index (χ4n) is 2.25. The van der Waals surface area contributed by atoms with Crippen LogP contribution < -0.4 is 0 Å². The van der Waals surface area contributed by atoms with Crippen LogP contribution >= 0.6 is 11.6 Å². The first-order chi connectivity index (χ1) is 8.58. The van der Waals surface area contributed by atoms with Gasteiger partial charge in [0.2, 0.25) is 0 Å². The normalized spacial score (nSPS) is 20.9. The number of hydrogen-bond acceptors (Lipinski definition) is 2. The second-order valence-electron chi connectivity index (χ2n) is 4.86. The lowest BCUT2D eigenvalue weighted by Crippen LogP contribution is -2.12. The van der Waals surface area contributed by atoms with Gasteiger partial charge in [-0.3, -0.25) is 4.79 Å². The minimum atomic E-state index is -0.778. The Bertz CT molecular complexity index is 439. The molecule has 1 aromatic carbocycles. The van der Waals surface area contributed by atoms with Crippen molar-refractivity contribution in [3.05, 3.63) is 34.3 Å². The van der Waals surface area contributed by atoms with Crippen molar-refractivity contribution in [1.29, 1.82) is 0 Å². The molecule has 1 saturated heterocycles. The van der Waals surface area contributed by atoms with Gasteiger partial charge in [0, 0.05) is 17.5 Å². The predicted molar refractivity (Wildman–Crippen MR) is 70.1 cm³/mol. The molecule has 1 N–H and O–H groups in total. The maximum atomic E-state index is 10.8. The molecule has 1 aliphatic rings. The molecule has 0 amide bonds. The molecule has 1 aliphatic heterocycles. The van der Waals surface area contributed by atoms with E-state index in [2.05, 4.69) is 0 Å². The van der Waals surface area contributed by atoms with E-state index >= 15 is 0 Å². The number of benzene rings is 1. The number of ether oxygens (including phenoxy) is 1. The first-order valence-electron chi connectivity index (χ1n) is 6.17. The molecule has 18 heavy (non-hydrogen) atoms. The standard InChI is InChI=1S/C14H17ClO3/c1-9(14(16)17)6-10-2-3-12(13(15)7-10)11-4-5-18-8-11/h2-3,7,9,11H,4-6,8H2,1H3,(H,16,17). The summed E-state index contributed by atoms with van der Waals surface area (Å²) < 4.78 is 5.36. The fourth-order valence-corrected chi connectivity index (χ4v) is 2.61. The summed E-state index contributed by atoms with van der Waals surface area (Å²) in [5.41, 5.74) is 2.08. The average Bonchev–Trinajstić information content (AvgIpc) is 2.82. The van der Waals surface area contributed by atoms with Crippen LogP contribution in [0.2, 0.25) is 5.02 Å². The monoisotopic (exact) mass is 268 g/mol. The molecule has 3 nitrogen and oxygen atoms in total. The van der Waals surface area contributed by atoms with E-state index in [-0.39, 0.29) is 5.92 Å². The predicted octanol–water partition coefficient (Wildman–Crippen LogP) is 3.11. The maximum absolute atomic E-state index is 10.8. The van der Waals surface area contributed by atoms with E-state index in [1.54, 1.807) is 6.92 Å². The molecule has 1 heterocycles. The molecule has 1 fully saturated rings. The Morgan fingerprint density at radius 3 is 2.94 bits per heavy atom. The molecule has 2 rings (SSSR count). The Morgan fingerprint density at radius 1 is 1.61 bits per heavy atom. The number of halogens is 1. The summed E-state index contributed by atoms with van der Waals surface area (Å²) >= 11 is 6.27. The number of carboxylic acid groups (broad SMARTS) is 1. The smallest absolute Gasteiger partial charge is 0.306 e. The van der Waals surface area contributed by atoms with Crippen LogP contribution in [0.1, 0.15) is 30.4 Å². The van der Waals surface area contributed by atoms with Crippen molar-refractivity contribution >= 4 is 17.6 Å². The van der Waals surface area contributed by atoms with E-state index < -0.39 is 5.97 Å². The zero-order valence-corrected chi connectivity index (χ0v) is 11.1. The van der Waals surface area contributed by atoms with Crippen LogP contribution in [0.4, 0.5) is 0 Å². The van der Waals surface area contributed by atoms with Crippen molar-refractivity contribution in [2.45, 2.75) is 25.7 Å². The first-order valence-corrected chi connectivity index (χ1v) is 6.54. The molecular weight excluding hydrogens is 252 g/mol. The fraction of sp³-hybridized carbons (Fsp3) is 0.500. The first kappa shape index (κ1) is 13.4. The maximum Gasteiger partial charge on any atom is 0.306 e. The van der Waals surface area contributed by atoms with Crippen LogP contribution in [0.5, 0.6) is 0 Å². The third-order valence-electron chi connectivity index (χ3n) is 3.40. The van der Waals surface area contributed by atoms with Crippen molar-refractivity contribution in [2.75, 3.05) is 13.2 Å². The Morgan fingerprint density at radius 2 is 2.39 bits per heavy atom. The van der Waals surface area contributed by atoms with Crippen LogP contribution in [-0.4, -0.2) is 24.3 Å². The summed E-state index contributed by atoms with van der Waals surface area (Å²) in [6.45, 7) is 3.22. The minimum Gasteiger partial charge on any atom is -0.481 e. The number of aliphatic carboxylic acids is 1. The average molecular weight is 269 g/mol. The molecule has 2 unspecified atom stereocenters. The Balaban J connectivity index is 2.11. The number of carbonyl (C=O) groups is 1. The lowest BCUT2D eigenvalue weighted by Gasteiger charge is -2.13. The summed E-state index contributed by atoms with van der Waals surface area (Å²) in [6, 6.07) is 5.86. The van der Waals surface area contributed by atoms with Crippen LogP contribution in [0.3, 0.4) is 0 Å². The molecule has 0 aromatic heterocycles. The van der Waals surface area contributed by atoms with Crippen molar-refractivity contribution in [2.24, 2.45) is 5.92 Å². The minimum absolute atomic E-state index is 0.378. The summed E-state index contributed by atoms with van der Waals surface area (Å²) in [5, 5.41) is 9.61. The molecule has 0 aliphatic carbocycles. The van der Waals surface area contributed by atoms with Gasteiger partial charge in [-0.25, -0.2) is 0 Å². The Hall–Kier alpha value is -1.06. The zero-order valence-electron chi connectivity index (χ0n) is 10.4. The van der Waals surface area contributed by atoms with E-state index in [9.17, 15) is 4.79 Å². The van der Waals surface area contributed by atoms with Crippen LogP contribution in [-0.2, 0) is 16.0 Å². The van der Waals surface area contributed by atoms with Gasteiger partial charge in [0.25, 0.3) is 0 Å². The number of carboxylic acids is 1. The highest BCUT2D eigenvalue weighted by molar-refractivity contribution is 6.31. The van der Waals surface area contributed by atoms with Gasteiger partial charge in [-0.05, 0) is 30.0 Å². The topological polar surface area (TPSA) is 46.5 Å². The largest absolute Gasteiger partial charge is 0.481 e. The third-order valence-corrected chi connectivity index (χ3v) is 3.73. The van der Waals surface area contributed by atoms with E-state index in [1.807, 2.05) is 18.2 Å². The van der Waals surface area contributed by atoms with Gasteiger partial charge in [-0.1, -0.05) is 30.7 Å². The molecule has 0 bridgehead atoms. The van der Waals surface area contributed by atoms with Crippen LogP contribution in [0, 0.1) is 5.92 Å². The van der Waals surface area contributed by atoms with E-state index in [0.717, 1.165) is 35.8 Å². The molecule has 0 radical (unpaired) electrons. The van der Waals surface area contributed by atoms with Crippen LogP contribution in [0.15, 0.2) is 18.2 Å². The molecule has 2 atom stereocenters. The molecule has 4 heteroatoms. The summed E-state index contributed by atoms with van der Waals surface area (Å²) in [7, 11) is 0. The highest BCUT2D eigenvalue weighted by Crippen LogP contribution is 2.31. The zero-order chi connectivity index (χ0) is 13.1. The van der Waals surface area contributed by atoms with Gasteiger partial charge < -0.3 is 9.84 Å². The lowest BCUT2D eigenvalue weighted by molar-refractivity contribution is -0.141. The second kappa shape index (κ2) is 5.72. The Labute approximate surface area is 112 Å². The van der Waals surface area contributed by atoms with Gasteiger partial charge in [0.15, 0.2) is 0 Å². The number of hydrogen-bond donors (Lipinski definition) is 1. The van der Waals surface area contributed by atoms with Gasteiger partial charge >= 0.3 is 5.97 Å². The lowest BCUT2D eigenvalue weighted by atomic mass is 9.94. The second-order valence-corrected chi connectivity index (χ2v) is 5.27. The van der Waals surface area contributed by atoms with E-state index in [0.29, 0.717) is 12.3 Å². The van der Waals surface area contributed by atoms with Gasteiger partial charge in [-0.15, -0.1) is 0 Å². The van der Waals surface area contributed by atoms with Crippen molar-refractivity contribution in [3.8, 4) is 0 Å². The quantitative estimate of drug-likeness (QED) is 0.913. The van der Waals surface area contributed by atoms with Crippen LogP contribution in [0.25, 0.3) is 0 Å². The van der Waals surface area contributed by atoms with Crippen molar-refractivity contribution < 1.29 is 14.6 Å². The Kier molecular flexibility index (Phi) is 4.25. The van der Waals surface area contributed by atoms with Crippen molar-refractivity contribution in [3.63, 3.8) is 0 Å². The van der Waals surface area contributed by atoms with Gasteiger partial charge in [-0.2, -0.15) is 0 Å². The summed E-state index contributed by atoms with van der Waals surface area (Å²) in [6.07, 6.45) is 1.51. The van der Waals surface area contributed by atoms with Crippen molar-refractivity contribution in [1.82, 2.24) is 0 Å². The van der Waals surface area contributed by atoms with E-state index in [1.165, 1.54) is 0 Å². The molecule has 98 valence electrons. The van der Waals surface area contributed by atoms with Gasteiger partial charge in [0.1, 0.15) is 0 Å². The van der Waals surface area contributed by atoms with Gasteiger partial charge in [0.05, 0.1) is 12.5 Å². The highest BCUT2D eigenvalue weighted by Gasteiger charge is 2.20. The highest BCUT2D eigenvalue weighted by atomic mass is 35.5. The summed E-state index contributed by atoms with van der Waals surface area (Å²) in [5.74, 6) is -0.787. The SMILES string of the molecule is CC(Cc1ccc(C2CCOC2)c(Cl)c1)C(=O)O. The third kappa shape index (κ3) is 3.03. The molecule has 0 saturated carbocycles. The molecule has 0 spiro atoms. The molecular formula is C14H17ClO3. The van der Waals surface area contributed by atoms with E-state index in [4.69, 9.17) is 21.4 Å². The summed E-state index contributed by atoms with van der Waals surface area (Å²) in [4.78, 5) is 10.8. The number of rotatable bonds is 4. The molecule has 1 aromatic rings.